The molecule has 0 fully saturated rings. The summed E-state index contributed by atoms with van der Waals surface area (Å²) in [7, 11) is -4.06. The summed E-state index contributed by atoms with van der Waals surface area (Å²) in [6.45, 7) is -0.529. The maximum Gasteiger partial charge on any atom is 0.432 e. The van der Waals surface area contributed by atoms with E-state index in [1.165, 1.54) is 0 Å². The fourth-order valence-electron chi connectivity index (χ4n) is 1.56. The molecule has 2 rings (SSSR count). The second-order valence-electron chi connectivity index (χ2n) is 3.88. The number of alkyl halides is 3. The molecular weight excluding hydrogens is 372 g/mol. The Hall–Kier alpha value is -0.770. The Kier molecular flexibility index (Phi) is 4.57. The summed E-state index contributed by atoms with van der Waals surface area (Å²) >= 11 is 12.3. The largest absolute Gasteiger partial charge is 0.432 e. The van der Waals surface area contributed by atoms with E-state index in [-0.39, 0.29) is 26.7 Å². The van der Waals surface area contributed by atoms with Crippen LogP contribution in [0.4, 0.5) is 13.2 Å². The van der Waals surface area contributed by atoms with Crippen LogP contribution < -0.4 is 0 Å². The van der Waals surface area contributed by atoms with Gasteiger partial charge in [0.15, 0.2) is 0 Å². The van der Waals surface area contributed by atoms with E-state index < -0.39 is 21.9 Å². The lowest BCUT2D eigenvalue weighted by molar-refractivity contribution is -0.0578. The summed E-state index contributed by atoms with van der Waals surface area (Å²) in [6, 6.07) is 1.16. The summed E-state index contributed by atoms with van der Waals surface area (Å²) in [4.78, 5) is 3.09. The minimum absolute atomic E-state index is 0.0467. The first kappa shape index (κ1) is 16.6. The minimum atomic E-state index is -4.63. The summed E-state index contributed by atoms with van der Waals surface area (Å²) < 4.78 is 63.2. The Morgan fingerprint density at radius 1 is 1.33 bits per heavy atom. The maximum atomic E-state index is 12.5. The highest BCUT2D eigenvalue weighted by Gasteiger charge is 2.35. The molecule has 116 valence electrons. The maximum absolute atomic E-state index is 12.5. The number of aliphatic imine (C=N–C) groups is 1. The zero-order valence-corrected chi connectivity index (χ0v) is 13.2. The Labute approximate surface area is 132 Å². The standard InChI is InChI=1S/C10H7Cl2F3N2O2S2/c11-8-5-6(9(12)20-8)21(18,19)17-3-1-7(10(13,14)15)16-2-4-17/h1,3,5H,2,4H2. The van der Waals surface area contributed by atoms with E-state index in [4.69, 9.17) is 23.2 Å². The van der Waals surface area contributed by atoms with Gasteiger partial charge in [-0.1, -0.05) is 23.2 Å². The van der Waals surface area contributed by atoms with Crippen molar-refractivity contribution in [3.8, 4) is 0 Å². The van der Waals surface area contributed by atoms with Crippen molar-refractivity contribution in [3.63, 3.8) is 0 Å². The van der Waals surface area contributed by atoms with Crippen molar-refractivity contribution in [2.45, 2.75) is 11.1 Å². The third-order valence-electron chi connectivity index (χ3n) is 2.50. The monoisotopic (exact) mass is 378 g/mol. The molecule has 1 aromatic rings. The van der Waals surface area contributed by atoms with Gasteiger partial charge in [-0.25, -0.2) is 8.42 Å². The highest BCUT2D eigenvalue weighted by Crippen LogP contribution is 2.36. The van der Waals surface area contributed by atoms with E-state index in [1.807, 2.05) is 0 Å². The Morgan fingerprint density at radius 2 is 2.00 bits per heavy atom. The van der Waals surface area contributed by atoms with Crippen molar-refractivity contribution in [1.82, 2.24) is 4.31 Å². The molecular formula is C10H7Cl2F3N2O2S2. The number of thiophene rings is 1. The van der Waals surface area contributed by atoms with Crippen molar-refractivity contribution >= 4 is 50.3 Å². The molecule has 1 aliphatic heterocycles. The molecule has 0 spiro atoms. The van der Waals surface area contributed by atoms with Gasteiger partial charge in [-0.15, -0.1) is 11.3 Å². The van der Waals surface area contributed by atoms with Crippen LogP contribution in [0.25, 0.3) is 0 Å². The summed E-state index contributed by atoms with van der Waals surface area (Å²) in [5.74, 6) is 0. The highest BCUT2D eigenvalue weighted by molar-refractivity contribution is 7.89. The lowest BCUT2D eigenvalue weighted by Gasteiger charge is -2.17. The van der Waals surface area contributed by atoms with Gasteiger partial charge in [0.2, 0.25) is 0 Å². The fraction of sp³-hybridized carbons (Fsp3) is 0.300. The number of nitrogens with zero attached hydrogens (tertiary/aromatic N) is 2. The molecule has 21 heavy (non-hydrogen) atoms. The molecule has 0 bridgehead atoms. The third-order valence-corrected chi connectivity index (χ3v) is 6.03. The van der Waals surface area contributed by atoms with Gasteiger partial charge in [0.1, 0.15) is 14.9 Å². The van der Waals surface area contributed by atoms with Gasteiger partial charge in [-0.05, 0) is 12.1 Å². The van der Waals surface area contributed by atoms with Crippen LogP contribution in [0, 0.1) is 0 Å². The van der Waals surface area contributed by atoms with Crippen molar-refractivity contribution in [1.29, 1.82) is 0 Å². The highest BCUT2D eigenvalue weighted by atomic mass is 35.5. The lowest BCUT2D eigenvalue weighted by atomic mass is 10.3. The molecule has 4 nitrogen and oxygen atoms in total. The average molecular weight is 379 g/mol. The molecule has 0 radical (unpaired) electrons. The molecule has 0 aromatic carbocycles. The van der Waals surface area contributed by atoms with Crippen LogP contribution in [0.1, 0.15) is 0 Å². The second kappa shape index (κ2) is 5.79. The van der Waals surface area contributed by atoms with Gasteiger partial charge in [0.05, 0.1) is 17.4 Å². The zero-order valence-electron chi connectivity index (χ0n) is 10.1. The molecule has 0 N–H and O–H groups in total. The minimum Gasteiger partial charge on any atom is -0.279 e. The molecule has 2 heterocycles. The third kappa shape index (κ3) is 3.53. The number of rotatable bonds is 2. The Bertz CT molecular complexity index is 710. The van der Waals surface area contributed by atoms with Crippen molar-refractivity contribution < 1.29 is 21.6 Å². The zero-order chi connectivity index (χ0) is 15.8. The van der Waals surface area contributed by atoms with Gasteiger partial charge in [-0.2, -0.15) is 13.2 Å². The van der Waals surface area contributed by atoms with E-state index in [2.05, 4.69) is 4.99 Å². The second-order valence-corrected chi connectivity index (χ2v) is 8.03. The van der Waals surface area contributed by atoms with Crippen LogP contribution in [-0.4, -0.2) is 37.7 Å². The van der Waals surface area contributed by atoms with Crippen LogP contribution in [0.15, 0.2) is 28.2 Å². The first-order chi connectivity index (χ1) is 9.62. The van der Waals surface area contributed by atoms with E-state index in [9.17, 15) is 21.6 Å². The molecule has 0 unspecified atom stereocenters. The fourth-order valence-corrected chi connectivity index (χ4v) is 4.97. The first-order valence-electron chi connectivity index (χ1n) is 5.39. The summed E-state index contributed by atoms with van der Waals surface area (Å²) in [5.41, 5.74) is -1.13. The predicted molar refractivity (Wildman–Crippen MR) is 75.7 cm³/mol. The van der Waals surface area contributed by atoms with Gasteiger partial charge in [-0.3, -0.25) is 9.30 Å². The van der Waals surface area contributed by atoms with E-state index in [1.54, 1.807) is 0 Å². The average Bonchev–Trinajstić information content (AvgIpc) is 2.59. The number of sulfonamides is 1. The molecule has 1 aromatic heterocycles. The molecule has 0 saturated heterocycles. The van der Waals surface area contributed by atoms with Gasteiger partial charge in [0.25, 0.3) is 10.0 Å². The van der Waals surface area contributed by atoms with Crippen molar-refractivity contribution in [3.05, 3.63) is 27.0 Å². The number of hydrogen-bond donors (Lipinski definition) is 0. The van der Waals surface area contributed by atoms with Gasteiger partial charge in [0, 0.05) is 6.20 Å². The van der Waals surface area contributed by atoms with E-state index >= 15 is 0 Å². The molecule has 0 saturated carbocycles. The number of halogens is 5. The molecule has 0 aliphatic carbocycles. The smallest absolute Gasteiger partial charge is 0.279 e. The topological polar surface area (TPSA) is 49.7 Å². The first-order valence-corrected chi connectivity index (χ1v) is 8.40. The molecule has 11 heteroatoms. The van der Waals surface area contributed by atoms with Gasteiger partial charge >= 0.3 is 6.18 Å². The van der Waals surface area contributed by atoms with E-state index in [0.29, 0.717) is 6.08 Å². The summed E-state index contributed by atoms with van der Waals surface area (Å²) in [5, 5.41) is 0. The molecule has 0 atom stereocenters. The SMILES string of the molecule is O=S(=O)(c1cc(Cl)sc1Cl)N1C=CC(C(F)(F)F)=NCC1. The Morgan fingerprint density at radius 3 is 2.52 bits per heavy atom. The van der Waals surface area contributed by atoms with E-state index in [0.717, 1.165) is 27.9 Å². The van der Waals surface area contributed by atoms with Crippen LogP contribution >= 0.6 is 34.5 Å². The predicted octanol–water partition coefficient (Wildman–Crippen LogP) is 3.58. The quantitative estimate of drug-likeness (QED) is 0.789. The lowest BCUT2D eigenvalue weighted by Crippen LogP contribution is -2.27. The number of hydrogen-bond acceptors (Lipinski definition) is 4. The van der Waals surface area contributed by atoms with Crippen LogP contribution in [0.3, 0.4) is 0 Å². The van der Waals surface area contributed by atoms with Gasteiger partial charge < -0.3 is 0 Å². The van der Waals surface area contributed by atoms with Crippen molar-refractivity contribution in [2.24, 2.45) is 4.99 Å². The van der Waals surface area contributed by atoms with Crippen LogP contribution in [0.2, 0.25) is 8.67 Å². The molecule has 0 amide bonds. The van der Waals surface area contributed by atoms with Crippen LogP contribution in [0.5, 0.6) is 0 Å². The normalized spacial score (nSPS) is 16.8. The molecule has 1 aliphatic rings. The summed E-state index contributed by atoms with van der Waals surface area (Å²) in [6.07, 6.45) is -3.18. The van der Waals surface area contributed by atoms with Crippen LogP contribution in [-0.2, 0) is 10.0 Å². The number of allylic oxidation sites excluding steroid dienone is 1. The Balaban J connectivity index is 2.34. The van der Waals surface area contributed by atoms with Crippen molar-refractivity contribution in [2.75, 3.05) is 13.1 Å².